The Labute approximate surface area is 73.7 Å². The van der Waals surface area contributed by atoms with Gasteiger partial charge in [-0.25, -0.2) is 0 Å². The largest absolute Gasteiger partial charge is 0.549 e. The van der Waals surface area contributed by atoms with Crippen molar-refractivity contribution in [1.82, 2.24) is 0 Å². The molecule has 3 nitrogen and oxygen atoms in total. The van der Waals surface area contributed by atoms with Crippen LogP contribution in [-0.4, -0.2) is 19.2 Å². The van der Waals surface area contributed by atoms with Gasteiger partial charge < -0.3 is 14.6 Å². The number of hydrogen-bond acceptors (Lipinski definition) is 3. The first-order chi connectivity index (χ1) is 5.50. The molecule has 72 valence electrons. The summed E-state index contributed by atoms with van der Waals surface area (Å²) in [6.07, 6.45) is 2.04. The molecule has 0 saturated carbocycles. The Balaban J connectivity index is 3.54. The number of hydrogen-bond donors (Lipinski definition) is 0. The summed E-state index contributed by atoms with van der Waals surface area (Å²) >= 11 is 0. The maximum atomic E-state index is 10.5. The van der Waals surface area contributed by atoms with Gasteiger partial charge in [-0.05, 0) is 6.42 Å². The van der Waals surface area contributed by atoms with Gasteiger partial charge in [-0.2, -0.15) is 0 Å². The lowest BCUT2D eigenvalue weighted by Crippen LogP contribution is -2.41. The number of ether oxygens (including phenoxy) is 1. The van der Waals surface area contributed by atoms with E-state index in [9.17, 15) is 9.90 Å². The van der Waals surface area contributed by atoms with E-state index in [-0.39, 0.29) is 6.61 Å². The highest BCUT2D eigenvalue weighted by Crippen LogP contribution is 2.13. The summed E-state index contributed by atoms with van der Waals surface area (Å²) in [4.78, 5) is 10.5. The molecule has 0 aliphatic carbocycles. The molecule has 0 aromatic rings. The standard InChI is InChI=1S/C9H18O3/c1-4-5-6-12-7-9(2,3)8(10)11/h4-7H2,1-3H3,(H,10,11)/p-1. The smallest absolute Gasteiger partial charge is 0.0569 e. The number of carbonyl (C=O) groups is 1. The van der Waals surface area contributed by atoms with Crippen LogP contribution in [0.2, 0.25) is 0 Å². The molecule has 0 fully saturated rings. The first kappa shape index (κ1) is 11.4. The van der Waals surface area contributed by atoms with E-state index in [1.54, 1.807) is 13.8 Å². The van der Waals surface area contributed by atoms with Gasteiger partial charge in [-0.15, -0.1) is 0 Å². The third kappa shape index (κ3) is 4.34. The number of carboxylic acid groups (broad SMARTS) is 1. The Morgan fingerprint density at radius 1 is 1.50 bits per heavy atom. The Hall–Kier alpha value is -0.570. The van der Waals surface area contributed by atoms with Gasteiger partial charge in [0.2, 0.25) is 0 Å². The number of unbranched alkanes of at least 4 members (excludes halogenated alkanes) is 1. The highest BCUT2D eigenvalue weighted by Gasteiger charge is 2.19. The fourth-order valence-electron chi connectivity index (χ4n) is 0.633. The zero-order chi connectivity index (χ0) is 9.61. The monoisotopic (exact) mass is 173 g/mol. The molecule has 0 atom stereocenters. The van der Waals surface area contributed by atoms with Crippen molar-refractivity contribution in [3.05, 3.63) is 0 Å². The van der Waals surface area contributed by atoms with Gasteiger partial charge in [0.05, 0.1) is 6.61 Å². The van der Waals surface area contributed by atoms with Crippen LogP contribution in [0.5, 0.6) is 0 Å². The van der Waals surface area contributed by atoms with Crippen molar-refractivity contribution in [2.24, 2.45) is 5.41 Å². The van der Waals surface area contributed by atoms with Crippen LogP contribution in [0.25, 0.3) is 0 Å². The normalized spacial score (nSPS) is 11.6. The van der Waals surface area contributed by atoms with Gasteiger partial charge >= 0.3 is 0 Å². The van der Waals surface area contributed by atoms with E-state index >= 15 is 0 Å². The van der Waals surface area contributed by atoms with Crippen molar-refractivity contribution in [1.29, 1.82) is 0 Å². The molecule has 0 radical (unpaired) electrons. The van der Waals surface area contributed by atoms with E-state index in [1.807, 2.05) is 0 Å². The van der Waals surface area contributed by atoms with E-state index in [0.717, 1.165) is 12.8 Å². The Morgan fingerprint density at radius 2 is 2.08 bits per heavy atom. The molecule has 0 amide bonds. The Bertz CT molecular complexity index is 141. The van der Waals surface area contributed by atoms with Crippen LogP contribution in [0.4, 0.5) is 0 Å². The number of carbonyl (C=O) groups excluding carboxylic acids is 1. The molecular formula is C9H17O3-. The highest BCUT2D eigenvalue weighted by atomic mass is 16.5. The predicted molar refractivity (Wildman–Crippen MR) is 44.5 cm³/mol. The minimum Gasteiger partial charge on any atom is -0.549 e. The molecule has 0 aromatic heterocycles. The molecule has 12 heavy (non-hydrogen) atoms. The van der Waals surface area contributed by atoms with Crippen LogP contribution in [0.1, 0.15) is 33.6 Å². The number of carboxylic acids is 1. The van der Waals surface area contributed by atoms with E-state index < -0.39 is 11.4 Å². The van der Waals surface area contributed by atoms with Gasteiger partial charge in [0, 0.05) is 18.0 Å². The molecule has 0 aliphatic rings. The average Bonchev–Trinajstić information content (AvgIpc) is 1.98. The van der Waals surface area contributed by atoms with Crippen LogP contribution in [0, 0.1) is 5.41 Å². The zero-order valence-corrected chi connectivity index (χ0v) is 8.05. The minimum atomic E-state index is -1.06. The second-order valence-electron chi connectivity index (χ2n) is 3.58. The summed E-state index contributed by atoms with van der Waals surface area (Å²) < 4.78 is 5.18. The zero-order valence-electron chi connectivity index (χ0n) is 8.05. The van der Waals surface area contributed by atoms with Crippen molar-refractivity contribution in [3.63, 3.8) is 0 Å². The maximum absolute atomic E-state index is 10.5. The Kier molecular flexibility index (Phi) is 4.90. The maximum Gasteiger partial charge on any atom is 0.0569 e. The fourth-order valence-corrected chi connectivity index (χ4v) is 0.633. The first-order valence-corrected chi connectivity index (χ1v) is 4.30. The average molecular weight is 173 g/mol. The molecule has 0 saturated heterocycles. The molecule has 0 rings (SSSR count). The summed E-state index contributed by atoms with van der Waals surface area (Å²) in [6, 6.07) is 0. The molecule has 0 spiro atoms. The predicted octanol–water partition coefficient (Wildman–Crippen LogP) is 0.579. The first-order valence-electron chi connectivity index (χ1n) is 4.30. The van der Waals surface area contributed by atoms with Gasteiger partial charge in [0.1, 0.15) is 0 Å². The fraction of sp³-hybridized carbons (Fsp3) is 0.889. The molecular weight excluding hydrogens is 156 g/mol. The summed E-state index contributed by atoms with van der Waals surface area (Å²) in [5.41, 5.74) is -0.867. The lowest BCUT2D eigenvalue weighted by atomic mass is 9.95. The van der Waals surface area contributed by atoms with Crippen molar-refractivity contribution in [2.75, 3.05) is 13.2 Å². The highest BCUT2D eigenvalue weighted by molar-refractivity contribution is 5.71. The van der Waals surface area contributed by atoms with Gasteiger partial charge in [0.15, 0.2) is 0 Å². The molecule has 0 aliphatic heterocycles. The van der Waals surface area contributed by atoms with Crippen LogP contribution >= 0.6 is 0 Å². The SMILES string of the molecule is CCCCOCC(C)(C)C(=O)[O-]. The van der Waals surface area contributed by atoms with Crippen LogP contribution in [0.3, 0.4) is 0 Å². The summed E-state index contributed by atoms with van der Waals surface area (Å²) in [5.74, 6) is -1.06. The molecule has 0 N–H and O–H groups in total. The third-order valence-corrected chi connectivity index (χ3v) is 1.66. The molecule has 0 aromatic carbocycles. The van der Waals surface area contributed by atoms with Gasteiger partial charge in [-0.3, -0.25) is 0 Å². The topological polar surface area (TPSA) is 49.4 Å². The summed E-state index contributed by atoms with van der Waals surface area (Å²) in [5, 5.41) is 10.5. The molecule has 0 bridgehead atoms. The van der Waals surface area contributed by atoms with E-state index in [0.29, 0.717) is 6.61 Å². The van der Waals surface area contributed by atoms with E-state index in [1.165, 1.54) is 0 Å². The van der Waals surface area contributed by atoms with Crippen molar-refractivity contribution < 1.29 is 14.6 Å². The van der Waals surface area contributed by atoms with Gasteiger partial charge in [0.25, 0.3) is 0 Å². The van der Waals surface area contributed by atoms with E-state index in [4.69, 9.17) is 4.74 Å². The number of aliphatic carboxylic acids is 1. The van der Waals surface area contributed by atoms with Crippen molar-refractivity contribution >= 4 is 5.97 Å². The quantitative estimate of drug-likeness (QED) is 0.552. The Morgan fingerprint density at radius 3 is 2.50 bits per heavy atom. The lowest BCUT2D eigenvalue weighted by molar-refractivity contribution is -0.319. The van der Waals surface area contributed by atoms with Crippen LogP contribution in [0.15, 0.2) is 0 Å². The summed E-state index contributed by atoms with van der Waals surface area (Å²) in [6.45, 7) is 6.14. The van der Waals surface area contributed by atoms with E-state index in [2.05, 4.69) is 6.92 Å². The van der Waals surface area contributed by atoms with Gasteiger partial charge in [-0.1, -0.05) is 27.2 Å². The lowest BCUT2D eigenvalue weighted by Gasteiger charge is -2.25. The molecule has 3 heteroatoms. The van der Waals surface area contributed by atoms with Crippen molar-refractivity contribution in [3.8, 4) is 0 Å². The molecule has 0 heterocycles. The van der Waals surface area contributed by atoms with Crippen LogP contribution in [-0.2, 0) is 9.53 Å². The van der Waals surface area contributed by atoms with Crippen molar-refractivity contribution in [2.45, 2.75) is 33.6 Å². The second-order valence-corrected chi connectivity index (χ2v) is 3.58. The summed E-state index contributed by atoms with van der Waals surface area (Å²) in [7, 11) is 0. The minimum absolute atomic E-state index is 0.231. The molecule has 0 unspecified atom stereocenters. The second kappa shape index (κ2) is 5.14. The van der Waals surface area contributed by atoms with Crippen LogP contribution < -0.4 is 5.11 Å². The third-order valence-electron chi connectivity index (χ3n) is 1.66. The number of rotatable bonds is 6.